The van der Waals surface area contributed by atoms with Crippen LogP contribution in [0.3, 0.4) is 0 Å². The molecular formula is C28H29F2N5O2. The number of benzene rings is 1. The van der Waals surface area contributed by atoms with Gasteiger partial charge in [0.05, 0.1) is 40.5 Å². The van der Waals surface area contributed by atoms with E-state index in [0.29, 0.717) is 52.8 Å². The molecule has 4 aromatic rings. The summed E-state index contributed by atoms with van der Waals surface area (Å²) < 4.78 is 36.4. The lowest BCUT2D eigenvalue weighted by Gasteiger charge is -2.53. The molecule has 2 aliphatic heterocycles. The molecule has 192 valence electrons. The van der Waals surface area contributed by atoms with Gasteiger partial charge in [0, 0.05) is 36.5 Å². The summed E-state index contributed by atoms with van der Waals surface area (Å²) in [5.74, 6) is -0.708. The van der Waals surface area contributed by atoms with E-state index in [1.54, 1.807) is 13.1 Å². The smallest absolute Gasteiger partial charge is 0.273 e. The monoisotopic (exact) mass is 505 g/mol. The van der Waals surface area contributed by atoms with Gasteiger partial charge in [-0.3, -0.25) is 14.8 Å². The van der Waals surface area contributed by atoms with Gasteiger partial charge in [-0.15, -0.1) is 0 Å². The highest BCUT2D eigenvalue weighted by Gasteiger charge is 2.49. The van der Waals surface area contributed by atoms with E-state index in [4.69, 9.17) is 4.74 Å². The average molecular weight is 506 g/mol. The molecule has 7 nitrogen and oxygen atoms in total. The van der Waals surface area contributed by atoms with E-state index in [0.717, 1.165) is 31.4 Å². The first-order chi connectivity index (χ1) is 17.8. The van der Waals surface area contributed by atoms with Gasteiger partial charge in [-0.2, -0.15) is 0 Å². The highest BCUT2D eigenvalue weighted by Crippen LogP contribution is 2.46. The van der Waals surface area contributed by atoms with Crippen molar-refractivity contribution < 1.29 is 13.5 Å². The third-order valence-electron chi connectivity index (χ3n) is 8.24. The Balaban J connectivity index is 1.15. The summed E-state index contributed by atoms with van der Waals surface area (Å²) in [6.07, 6.45) is 6.03. The van der Waals surface area contributed by atoms with Crippen LogP contribution in [0.5, 0.6) is 0 Å². The quantitative estimate of drug-likeness (QED) is 0.422. The number of nitrogens with zero attached hydrogens (tertiary/aromatic N) is 4. The number of hydrogen-bond donors (Lipinski definition) is 1. The number of fused-ring (bicyclic) bond motifs is 5. The summed E-state index contributed by atoms with van der Waals surface area (Å²) in [7, 11) is 1.68. The molecule has 1 aliphatic carbocycles. The van der Waals surface area contributed by atoms with E-state index < -0.39 is 0 Å². The van der Waals surface area contributed by atoms with Crippen LogP contribution < -0.4 is 10.9 Å². The zero-order valence-electron chi connectivity index (χ0n) is 21.0. The van der Waals surface area contributed by atoms with Crippen LogP contribution in [-0.4, -0.2) is 37.3 Å². The fraction of sp³-hybridized carbons (Fsp3) is 0.429. The van der Waals surface area contributed by atoms with E-state index in [1.807, 2.05) is 19.1 Å². The minimum absolute atomic E-state index is 0.194. The van der Waals surface area contributed by atoms with Gasteiger partial charge in [0.1, 0.15) is 17.3 Å². The summed E-state index contributed by atoms with van der Waals surface area (Å²) in [4.78, 5) is 26.0. The van der Waals surface area contributed by atoms with Crippen LogP contribution in [0.25, 0.3) is 22.1 Å². The van der Waals surface area contributed by atoms with Crippen molar-refractivity contribution in [3.05, 3.63) is 75.5 Å². The number of rotatable bonds is 6. The largest absolute Gasteiger partial charge is 0.373 e. The molecule has 3 aliphatic rings. The van der Waals surface area contributed by atoms with Crippen LogP contribution in [0.1, 0.15) is 49.1 Å². The molecule has 7 rings (SSSR count). The Morgan fingerprint density at radius 2 is 1.89 bits per heavy atom. The van der Waals surface area contributed by atoms with E-state index in [-0.39, 0.29) is 34.9 Å². The maximum atomic E-state index is 14.7. The molecule has 0 unspecified atom stereocenters. The summed E-state index contributed by atoms with van der Waals surface area (Å²) in [6, 6.07) is 8.01. The Kier molecular flexibility index (Phi) is 5.80. The lowest BCUT2D eigenvalue weighted by atomic mass is 9.69. The molecule has 2 bridgehead atoms. The van der Waals surface area contributed by atoms with E-state index in [2.05, 4.69) is 20.3 Å². The summed E-state index contributed by atoms with van der Waals surface area (Å²) in [5.41, 5.74) is 3.46. The van der Waals surface area contributed by atoms with Crippen LogP contribution in [0.15, 0.2) is 41.3 Å². The van der Waals surface area contributed by atoms with Gasteiger partial charge < -0.3 is 14.6 Å². The van der Waals surface area contributed by atoms with Crippen molar-refractivity contribution in [3.63, 3.8) is 0 Å². The Labute approximate surface area is 212 Å². The van der Waals surface area contributed by atoms with Crippen molar-refractivity contribution in [2.45, 2.75) is 63.1 Å². The highest BCUT2D eigenvalue weighted by molar-refractivity contribution is 5.78. The molecule has 2 saturated heterocycles. The van der Waals surface area contributed by atoms with E-state index >= 15 is 0 Å². The molecule has 0 spiro atoms. The molecule has 0 amide bonds. The van der Waals surface area contributed by atoms with Crippen LogP contribution >= 0.6 is 0 Å². The number of aromatic nitrogens is 4. The van der Waals surface area contributed by atoms with Gasteiger partial charge in [-0.25, -0.2) is 13.8 Å². The summed E-state index contributed by atoms with van der Waals surface area (Å²) >= 11 is 0. The van der Waals surface area contributed by atoms with E-state index in [9.17, 15) is 13.6 Å². The molecule has 1 saturated carbocycles. The fourth-order valence-corrected chi connectivity index (χ4v) is 5.85. The minimum Gasteiger partial charge on any atom is -0.373 e. The lowest BCUT2D eigenvalue weighted by molar-refractivity contribution is -0.165. The van der Waals surface area contributed by atoms with Gasteiger partial charge in [-0.05, 0) is 69.7 Å². The topological polar surface area (TPSA) is 81.9 Å². The predicted octanol–water partition coefficient (Wildman–Crippen LogP) is 4.27. The third-order valence-corrected chi connectivity index (χ3v) is 8.24. The lowest BCUT2D eigenvalue weighted by Crippen LogP contribution is -2.61. The first kappa shape index (κ1) is 24.1. The van der Waals surface area contributed by atoms with Crippen molar-refractivity contribution in [1.82, 2.24) is 24.8 Å². The molecule has 3 aromatic heterocycles. The van der Waals surface area contributed by atoms with Crippen LogP contribution in [0, 0.1) is 18.6 Å². The molecular weight excluding hydrogens is 476 g/mol. The molecule has 1 aromatic carbocycles. The molecule has 9 heteroatoms. The molecule has 37 heavy (non-hydrogen) atoms. The fourth-order valence-electron chi connectivity index (χ4n) is 5.85. The zero-order chi connectivity index (χ0) is 25.8. The van der Waals surface area contributed by atoms with Gasteiger partial charge >= 0.3 is 0 Å². The minimum atomic E-state index is -0.383. The van der Waals surface area contributed by atoms with Crippen molar-refractivity contribution in [2.75, 3.05) is 6.61 Å². The van der Waals surface area contributed by atoms with Crippen LogP contribution in [0.2, 0.25) is 0 Å². The van der Waals surface area contributed by atoms with Crippen LogP contribution in [0.4, 0.5) is 8.78 Å². The molecule has 1 N–H and O–H groups in total. The number of halogens is 2. The highest BCUT2D eigenvalue weighted by atomic mass is 19.1. The van der Waals surface area contributed by atoms with E-state index in [1.165, 1.54) is 22.9 Å². The van der Waals surface area contributed by atoms with Gasteiger partial charge in [-0.1, -0.05) is 0 Å². The second-order valence-corrected chi connectivity index (χ2v) is 10.6. The summed E-state index contributed by atoms with van der Waals surface area (Å²) in [5, 5.41) is 3.54. The van der Waals surface area contributed by atoms with Crippen molar-refractivity contribution >= 4 is 22.1 Å². The number of pyridine rings is 2. The Morgan fingerprint density at radius 1 is 1.08 bits per heavy atom. The van der Waals surface area contributed by atoms with Crippen molar-refractivity contribution in [1.29, 1.82) is 0 Å². The Bertz CT molecular complexity index is 1560. The SMILES string of the molecule is Cc1ccc2ncc(F)c(CCC34CCC(NCc5nc6cc(F)ccc6n(C)c5=O)(CC3)CO4)c2n1. The average Bonchev–Trinajstić information content (AvgIpc) is 2.90. The van der Waals surface area contributed by atoms with Crippen molar-refractivity contribution in [2.24, 2.45) is 7.05 Å². The normalized spacial score (nSPS) is 23.2. The summed E-state index contributed by atoms with van der Waals surface area (Å²) in [6.45, 7) is 2.70. The standard InChI is InChI=1S/C28H29F2N5O2/c1-17-3-5-21-25(33-17)19(20(30)14-31-21)7-8-28-11-9-27(10-12-28,16-37-28)32-15-23-26(36)35(2)24-6-4-18(29)13-22(24)34-23/h3-6,13-14,32H,7-12,15-16H2,1-2H3. The van der Waals surface area contributed by atoms with Gasteiger partial charge in [0.25, 0.3) is 5.56 Å². The number of aryl methyl sites for hydroxylation is 3. The molecule has 0 atom stereocenters. The third kappa shape index (κ3) is 4.30. The number of ether oxygens (including phenoxy) is 1. The zero-order valence-corrected chi connectivity index (χ0v) is 21.0. The second kappa shape index (κ2) is 8.92. The predicted molar refractivity (Wildman–Crippen MR) is 136 cm³/mol. The first-order valence-electron chi connectivity index (χ1n) is 12.7. The van der Waals surface area contributed by atoms with Crippen LogP contribution in [-0.2, 0) is 24.8 Å². The van der Waals surface area contributed by atoms with Crippen molar-refractivity contribution in [3.8, 4) is 0 Å². The molecule has 3 fully saturated rings. The van der Waals surface area contributed by atoms with Gasteiger partial charge in [0.2, 0.25) is 0 Å². The second-order valence-electron chi connectivity index (χ2n) is 10.6. The Morgan fingerprint density at radius 3 is 2.65 bits per heavy atom. The van der Waals surface area contributed by atoms with Gasteiger partial charge in [0.15, 0.2) is 0 Å². The Hall–Kier alpha value is -3.30. The molecule has 0 radical (unpaired) electrons. The maximum Gasteiger partial charge on any atom is 0.273 e. The number of hydrogen-bond acceptors (Lipinski definition) is 6. The molecule has 5 heterocycles. The number of nitrogens with one attached hydrogen (secondary N) is 1. The maximum absolute atomic E-state index is 14.7. The first-order valence-corrected chi connectivity index (χ1v) is 12.7.